The molecule has 4 nitrogen and oxygen atoms in total. The van der Waals surface area contributed by atoms with E-state index in [0.29, 0.717) is 12.6 Å². The summed E-state index contributed by atoms with van der Waals surface area (Å²) in [5, 5.41) is 6.81. The Hall–Kier alpha value is -1.26. The number of carbonyl (C=O) groups is 1. The number of halogens is 1. The van der Waals surface area contributed by atoms with Crippen molar-refractivity contribution in [2.24, 2.45) is 0 Å². The highest BCUT2D eigenvalue weighted by atomic mass is 35.5. The predicted molar refractivity (Wildman–Crippen MR) is 90.0 cm³/mol. The molecule has 1 aromatic carbocycles. The molecule has 1 rings (SSSR count). The van der Waals surface area contributed by atoms with E-state index >= 15 is 0 Å². The molecule has 0 radical (unpaired) electrons. The molecule has 0 aliphatic carbocycles. The van der Waals surface area contributed by atoms with E-state index in [1.807, 2.05) is 18.2 Å². The van der Waals surface area contributed by atoms with Gasteiger partial charge in [0, 0.05) is 36.9 Å². The standard InChI is InChI=1S/C16H26ClN3O/c1-5-8-20(11-16(21)18-4)15-7-6-14(17)9-13(15)10-19-12(2)3/h6-7,9,12,19H,5,8,10-11H2,1-4H3,(H,18,21). The van der Waals surface area contributed by atoms with Gasteiger partial charge in [0.05, 0.1) is 6.54 Å². The average Bonchev–Trinajstić information content (AvgIpc) is 2.44. The summed E-state index contributed by atoms with van der Waals surface area (Å²) < 4.78 is 0. The molecule has 0 saturated carbocycles. The summed E-state index contributed by atoms with van der Waals surface area (Å²) in [7, 11) is 1.66. The molecule has 0 atom stereocenters. The zero-order valence-electron chi connectivity index (χ0n) is 13.4. The molecule has 0 heterocycles. The zero-order valence-corrected chi connectivity index (χ0v) is 14.1. The second-order valence-corrected chi connectivity index (χ2v) is 5.84. The lowest BCUT2D eigenvalue weighted by molar-refractivity contribution is -0.119. The largest absolute Gasteiger partial charge is 0.362 e. The van der Waals surface area contributed by atoms with Gasteiger partial charge in [0.15, 0.2) is 0 Å². The molecule has 1 aromatic rings. The highest BCUT2D eigenvalue weighted by molar-refractivity contribution is 6.30. The van der Waals surface area contributed by atoms with E-state index in [1.165, 1.54) is 0 Å². The third-order valence-electron chi connectivity index (χ3n) is 3.19. The number of nitrogens with zero attached hydrogens (tertiary/aromatic N) is 1. The van der Waals surface area contributed by atoms with E-state index in [2.05, 4.69) is 36.3 Å². The molecule has 0 bridgehead atoms. The normalized spacial score (nSPS) is 10.8. The number of carbonyl (C=O) groups excluding carboxylic acids is 1. The third kappa shape index (κ3) is 5.94. The van der Waals surface area contributed by atoms with Crippen molar-refractivity contribution in [3.8, 4) is 0 Å². The lowest BCUT2D eigenvalue weighted by Gasteiger charge is -2.26. The van der Waals surface area contributed by atoms with Crippen molar-refractivity contribution in [2.45, 2.75) is 39.8 Å². The lowest BCUT2D eigenvalue weighted by Crippen LogP contribution is -2.37. The Kier molecular flexibility index (Phi) is 7.54. The number of anilines is 1. The Morgan fingerprint density at radius 1 is 1.38 bits per heavy atom. The van der Waals surface area contributed by atoms with Gasteiger partial charge in [-0.05, 0) is 30.2 Å². The fourth-order valence-electron chi connectivity index (χ4n) is 2.13. The van der Waals surface area contributed by atoms with Crippen molar-refractivity contribution in [3.63, 3.8) is 0 Å². The van der Waals surface area contributed by atoms with E-state index in [4.69, 9.17) is 11.6 Å². The second kappa shape index (κ2) is 8.90. The van der Waals surface area contributed by atoms with Gasteiger partial charge in [-0.3, -0.25) is 4.79 Å². The van der Waals surface area contributed by atoms with Crippen LogP contribution >= 0.6 is 11.6 Å². The summed E-state index contributed by atoms with van der Waals surface area (Å²) in [6.07, 6.45) is 0.983. The summed E-state index contributed by atoms with van der Waals surface area (Å²) in [6, 6.07) is 6.25. The zero-order chi connectivity index (χ0) is 15.8. The number of hydrogen-bond acceptors (Lipinski definition) is 3. The molecule has 0 fully saturated rings. The minimum atomic E-state index is 0.0150. The van der Waals surface area contributed by atoms with Gasteiger partial charge in [-0.2, -0.15) is 0 Å². The molecular formula is C16H26ClN3O. The molecule has 0 aliphatic rings. The van der Waals surface area contributed by atoms with Gasteiger partial charge in [0.1, 0.15) is 0 Å². The van der Waals surface area contributed by atoms with Crippen LogP contribution in [-0.4, -0.2) is 32.1 Å². The Morgan fingerprint density at radius 3 is 2.67 bits per heavy atom. The summed E-state index contributed by atoms with van der Waals surface area (Å²) in [5.41, 5.74) is 2.19. The first-order valence-corrected chi connectivity index (χ1v) is 7.83. The maximum absolute atomic E-state index is 11.7. The SMILES string of the molecule is CCCN(CC(=O)NC)c1ccc(Cl)cc1CNC(C)C. The lowest BCUT2D eigenvalue weighted by atomic mass is 10.1. The van der Waals surface area contributed by atoms with E-state index in [1.54, 1.807) is 7.05 Å². The average molecular weight is 312 g/mol. The molecule has 118 valence electrons. The smallest absolute Gasteiger partial charge is 0.239 e. The third-order valence-corrected chi connectivity index (χ3v) is 3.42. The van der Waals surface area contributed by atoms with E-state index < -0.39 is 0 Å². The van der Waals surface area contributed by atoms with Crippen LogP contribution in [0.3, 0.4) is 0 Å². The van der Waals surface area contributed by atoms with Crippen molar-refractivity contribution >= 4 is 23.2 Å². The maximum atomic E-state index is 11.7. The van der Waals surface area contributed by atoms with Crippen LogP contribution in [-0.2, 0) is 11.3 Å². The van der Waals surface area contributed by atoms with Gasteiger partial charge in [0.25, 0.3) is 0 Å². The van der Waals surface area contributed by atoms with E-state index in [0.717, 1.165) is 35.8 Å². The monoisotopic (exact) mass is 311 g/mol. The summed E-state index contributed by atoms with van der Waals surface area (Å²) in [6.45, 7) is 8.27. The molecule has 0 aliphatic heterocycles. The van der Waals surface area contributed by atoms with E-state index in [9.17, 15) is 4.79 Å². The number of hydrogen-bond donors (Lipinski definition) is 2. The maximum Gasteiger partial charge on any atom is 0.239 e. The Bertz CT molecular complexity index is 463. The van der Waals surface area contributed by atoms with Crippen LogP contribution in [0, 0.1) is 0 Å². The van der Waals surface area contributed by atoms with Crippen LogP contribution in [0.4, 0.5) is 5.69 Å². The number of amides is 1. The topological polar surface area (TPSA) is 44.4 Å². The second-order valence-electron chi connectivity index (χ2n) is 5.40. The first kappa shape index (κ1) is 17.8. The fourth-order valence-corrected chi connectivity index (χ4v) is 2.32. The minimum absolute atomic E-state index is 0.0150. The van der Waals surface area contributed by atoms with Crippen LogP contribution in [0.15, 0.2) is 18.2 Å². The number of benzene rings is 1. The number of rotatable bonds is 8. The minimum Gasteiger partial charge on any atom is -0.362 e. The number of likely N-dealkylation sites (N-methyl/N-ethyl adjacent to an activating group) is 1. The van der Waals surface area contributed by atoms with Gasteiger partial charge in [0.2, 0.25) is 5.91 Å². The molecule has 5 heteroatoms. The molecule has 0 aromatic heterocycles. The Labute approximate surface area is 132 Å². The first-order chi connectivity index (χ1) is 9.97. The fraction of sp³-hybridized carbons (Fsp3) is 0.562. The highest BCUT2D eigenvalue weighted by Crippen LogP contribution is 2.25. The van der Waals surface area contributed by atoms with Gasteiger partial charge in [-0.1, -0.05) is 32.4 Å². The summed E-state index contributed by atoms with van der Waals surface area (Å²) in [5.74, 6) is 0.0150. The van der Waals surface area contributed by atoms with Gasteiger partial charge >= 0.3 is 0 Å². The molecule has 1 amide bonds. The number of nitrogens with one attached hydrogen (secondary N) is 2. The van der Waals surface area contributed by atoms with Crippen molar-refractivity contribution < 1.29 is 4.79 Å². The van der Waals surface area contributed by atoms with Crippen LogP contribution in [0.1, 0.15) is 32.8 Å². The van der Waals surface area contributed by atoms with Gasteiger partial charge in [-0.25, -0.2) is 0 Å². The van der Waals surface area contributed by atoms with E-state index in [-0.39, 0.29) is 5.91 Å². The first-order valence-electron chi connectivity index (χ1n) is 7.45. The predicted octanol–water partition coefficient (Wildman–Crippen LogP) is 2.80. The molecule has 21 heavy (non-hydrogen) atoms. The van der Waals surface area contributed by atoms with Crippen LogP contribution in [0.5, 0.6) is 0 Å². The summed E-state index contributed by atoms with van der Waals surface area (Å²) >= 11 is 6.12. The summed E-state index contributed by atoms with van der Waals surface area (Å²) in [4.78, 5) is 13.8. The van der Waals surface area contributed by atoms with Crippen molar-refractivity contribution in [1.29, 1.82) is 0 Å². The molecule has 0 spiro atoms. The highest BCUT2D eigenvalue weighted by Gasteiger charge is 2.14. The Morgan fingerprint density at radius 2 is 2.10 bits per heavy atom. The van der Waals surface area contributed by atoms with Crippen LogP contribution < -0.4 is 15.5 Å². The van der Waals surface area contributed by atoms with Gasteiger partial charge < -0.3 is 15.5 Å². The quantitative estimate of drug-likeness (QED) is 0.776. The van der Waals surface area contributed by atoms with Crippen LogP contribution in [0.2, 0.25) is 5.02 Å². The molecule has 2 N–H and O–H groups in total. The van der Waals surface area contributed by atoms with Crippen molar-refractivity contribution in [2.75, 3.05) is 25.0 Å². The Balaban J connectivity index is 3.01. The molecule has 0 unspecified atom stereocenters. The van der Waals surface area contributed by atoms with Crippen LogP contribution in [0.25, 0.3) is 0 Å². The molecular weight excluding hydrogens is 286 g/mol. The van der Waals surface area contributed by atoms with Crippen molar-refractivity contribution in [3.05, 3.63) is 28.8 Å². The van der Waals surface area contributed by atoms with Crippen molar-refractivity contribution in [1.82, 2.24) is 10.6 Å². The van der Waals surface area contributed by atoms with Gasteiger partial charge in [-0.15, -0.1) is 0 Å². The molecule has 0 saturated heterocycles.